The summed E-state index contributed by atoms with van der Waals surface area (Å²) in [6.45, 7) is 32.1. The molecule has 0 saturated heterocycles. The molecule has 10 aromatic carbocycles. The number of allylic oxidation sites excluding steroid dienone is 2. The highest BCUT2D eigenvalue weighted by molar-refractivity contribution is 6.19. The number of rotatable bonds is 6. The van der Waals surface area contributed by atoms with Gasteiger partial charge in [0.25, 0.3) is 0 Å². The van der Waals surface area contributed by atoms with Gasteiger partial charge in [0.1, 0.15) is 22.2 Å². The van der Waals surface area contributed by atoms with E-state index in [-0.39, 0.29) is 16.2 Å². The minimum Gasteiger partial charge on any atom is -0.456 e. The van der Waals surface area contributed by atoms with Crippen LogP contribution in [0.5, 0.6) is 0 Å². The van der Waals surface area contributed by atoms with Gasteiger partial charge in [-0.2, -0.15) is 0 Å². The van der Waals surface area contributed by atoms with Crippen LogP contribution in [0.3, 0.4) is 0 Å². The Bertz CT molecular complexity index is 4900. The van der Waals surface area contributed by atoms with Crippen LogP contribution in [0, 0.1) is 34.6 Å². The van der Waals surface area contributed by atoms with Crippen molar-refractivity contribution >= 4 is 62.6 Å². The van der Waals surface area contributed by atoms with Gasteiger partial charge in [0.15, 0.2) is 0 Å². The monoisotopic (exact) mass is 1090 g/mol. The average molecular weight is 1090 g/mol. The Kier molecular flexibility index (Phi) is 12.1. The highest BCUT2D eigenvalue weighted by Gasteiger charge is 2.49. The zero-order valence-electron chi connectivity index (χ0n) is 50.5. The molecule has 0 radical (unpaired) electrons. The van der Waals surface area contributed by atoms with Gasteiger partial charge in [-0.05, 0) is 185 Å². The van der Waals surface area contributed by atoms with E-state index in [0.29, 0.717) is 5.42 Å². The van der Waals surface area contributed by atoms with Crippen molar-refractivity contribution in [2.24, 2.45) is 0 Å². The van der Waals surface area contributed by atoms with Crippen LogP contribution in [-0.2, 0) is 16.2 Å². The quantitative estimate of drug-likeness (QED) is 0.166. The molecule has 84 heavy (non-hydrogen) atoms. The summed E-state index contributed by atoms with van der Waals surface area (Å²) in [7, 11) is 0. The van der Waals surface area contributed by atoms with Gasteiger partial charge in [0.2, 0.25) is 0 Å². The van der Waals surface area contributed by atoms with E-state index in [2.05, 4.69) is 277 Å². The number of aryl methyl sites for hydroxylation is 5. The van der Waals surface area contributed by atoms with Crippen LogP contribution in [-0.4, -0.2) is 0 Å². The maximum atomic E-state index is 7.00. The first-order chi connectivity index (χ1) is 40.4. The Morgan fingerprint density at radius 1 is 0.429 bits per heavy atom. The molecule has 12 aromatic rings. The van der Waals surface area contributed by atoms with Crippen LogP contribution in [0.2, 0.25) is 0 Å². The molecule has 0 spiro atoms. The summed E-state index contributed by atoms with van der Waals surface area (Å²) >= 11 is 0. The summed E-state index contributed by atoms with van der Waals surface area (Å²) in [5.41, 5.74) is 32.5. The molecule has 3 heteroatoms. The fourth-order valence-electron chi connectivity index (χ4n) is 14.9. The van der Waals surface area contributed by atoms with Gasteiger partial charge >= 0.3 is 0 Å². The summed E-state index contributed by atoms with van der Waals surface area (Å²) in [4.78, 5) is 2.51. The number of fused-ring (bicyclic) bond motifs is 17. The number of anilines is 3. The van der Waals surface area contributed by atoms with Crippen LogP contribution in [0.4, 0.5) is 17.1 Å². The first-order valence-electron chi connectivity index (χ1n) is 29.8. The number of nitrogens with zero attached hydrogens (tertiary/aromatic N) is 1. The van der Waals surface area contributed by atoms with E-state index < -0.39 is 0 Å². The van der Waals surface area contributed by atoms with E-state index in [1.807, 2.05) is 18.2 Å². The van der Waals surface area contributed by atoms with E-state index in [0.717, 1.165) is 60.9 Å². The average Bonchev–Trinajstić information content (AvgIpc) is 1.53. The van der Waals surface area contributed by atoms with Gasteiger partial charge in [-0.3, -0.25) is 0 Å². The molecular weight excluding hydrogens is 1020 g/mol. The molecule has 0 bridgehead atoms. The lowest BCUT2D eigenvalue weighted by atomic mass is 9.72. The molecule has 0 saturated carbocycles. The second-order valence-electron chi connectivity index (χ2n) is 25.5. The number of benzene rings is 10. The third kappa shape index (κ3) is 7.77. The van der Waals surface area contributed by atoms with Crippen LogP contribution >= 0.6 is 0 Å². The molecule has 3 aliphatic rings. The predicted octanol–water partition coefficient (Wildman–Crippen LogP) is 21.1. The predicted molar refractivity (Wildman–Crippen MR) is 356 cm³/mol. The lowest BCUT2D eigenvalue weighted by molar-refractivity contribution is 0.574. The highest BCUT2D eigenvalue weighted by atomic mass is 16.3. The third-order valence-electron chi connectivity index (χ3n) is 19.1. The van der Waals surface area contributed by atoms with E-state index >= 15 is 0 Å². The van der Waals surface area contributed by atoms with Crippen molar-refractivity contribution in [3.63, 3.8) is 0 Å². The maximum Gasteiger partial charge on any atom is 0.144 e. The summed E-state index contributed by atoms with van der Waals surface area (Å²) < 4.78 is 13.9. The van der Waals surface area contributed by atoms with E-state index in [1.165, 1.54) is 111 Å². The largest absolute Gasteiger partial charge is 0.456 e. The van der Waals surface area contributed by atoms with Crippen molar-refractivity contribution in [2.75, 3.05) is 4.90 Å². The van der Waals surface area contributed by atoms with Crippen molar-refractivity contribution in [1.82, 2.24) is 0 Å². The van der Waals surface area contributed by atoms with Crippen LogP contribution in [0.1, 0.15) is 110 Å². The maximum absolute atomic E-state index is 7.00. The molecule has 15 rings (SSSR count). The second kappa shape index (κ2) is 19.2. The molecule has 2 heterocycles. The van der Waals surface area contributed by atoms with Gasteiger partial charge in [-0.1, -0.05) is 211 Å². The van der Waals surface area contributed by atoms with Gasteiger partial charge in [0.05, 0.1) is 0 Å². The van der Waals surface area contributed by atoms with E-state index in [1.54, 1.807) is 0 Å². The molecular formula is C81H71NO2. The van der Waals surface area contributed by atoms with Crippen LogP contribution in [0.25, 0.3) is 101 Å². The molecule has 412 valence electrons. The highest BCUT2D eigenvalue weighted by Crippen LogP contribution is 2.63. The molecule has 3 nitrogen and oxygen atoms in total. The smallest absolute Gasteiger partial charge is 0.144 e. The number of hydrogen-bond donors (Lipinski definition) is 0. The lowest BCUT2D eigenvalue weighted by Gasteiger charge is -2.32. The Hall–Kier alpha value is -9.18. The minimum atomic E-state index is -0.362. The first kappa shape index (κ1) is 52.9. The zero-order chi connectivity index (χ0) is 58.3. The van der Waals surface area contributed by atoms with Crippen molar-refractivity contribution in [1.29, 1.82) is 0 Å². The SMILES string of the molecule is C=c1oc2c3c(c4c(c2/c1=C/C=C\C)-c1ccc(N(c2ccc5c(c2)C(C)(C)c2cc(-c6ccc(C)c(-c7ccccc7C)c6)c6oc7ccccc7c6c2-5)c2ccc(C)cc2C)cc1C4(C)C)C(C)(C)c1ccccc1-3.Cc1ccccc1. The number of hydrogen-bond acceptors (Lipinski definition) is 3. The summed E-state index contributed by atoms with van der Waals surface area (Å²) in [6, 6.07) is 67.2. The second-order valence-corrected chi connectivity index (χ2v) is 25.5. The van der Waals surface area contributed by atoms with Gasteiger partial charge < -0.3 is 13.7 Å². The minimum absolute atomic E-state index is 0.257. The van der Waals surface area contributed by atoms with Crippen molar-refractivity contribution in [3.05, 3.63) is 266 Å². The summed E-state index contributed by atoms with van der Waals surface area (Å²) in [5, 5.41) is 4.52. The Labute approximate surface area is 494 Å². The Morgan fingerprint density at radius 2 is 1.05 bits per heavy atom. The summed E-state index contributed by atoms with van der Waals surface area (Å²) in [5.74, 6) is 0. The van der Waals surface area contributed by atoms with Crippen LogP contribution in [0.15, 0.2) is 203 Å². The normalized spacial score (nSPS) is 14.8. The topological polar surface area (TPSA) is 29.5 Å². The van der Waals surface area contributed by atoms with E-state index in [4.69, 9.17) is 8.83 Å². The van der Waals surface area contributed by atoms with Gasteiger partial charge in [-0.25, -0.2) is 0 Å². The lowest BCUT2D eigenvalue weighted by Crippen LogP contribution is -2.25. The number of furan rings is 2. The molecule has 2 aromatic heterocycles. The van der Waals surface area contributed by atoms with Crippen molar-refractivity contribution in [2.45, 2.75) is 99.3 Å². The molecule has 0 N–H and O–H groups in total. The van der Waals surface area contributed by atoms with Gasteiger partial charge in [0, 0.05) is 65.8 Å². The standard InChI is InChI=1S/C74H63NO2.C7H8/c1-13-14-22-50-45(6)76-71-65(50)64-53-34-32-48(39-59(53)74(11,12)68(64)69-67(71)51-24-17-19-26-57(51)73(69,9)10)75(61-35-28-41(2)36-44(61)5)47-31-33-52-58(38-47)72(7,8)60-40-56(70-66(63(52)60)54-25-18-20-27-62(54)77-70)46-30-29-43(4)55(37-46)49-23-16-15-21-42(49)3;1-7-5-3-2-4-6-7/h13-40H,6H2,1-5,7-12H3;2-6H,1H3/b14-13-,50-22+;. The number of para-hydroxylation sites is 1. The zero-order valence-corrected chi connectivity index (χ0v) is 50.5. The summed E-state index contributed by atoms with van der Waals surface area (Å²) in [6.07, 6.45) is 6.39. The molecule has 0 unspecified atom stereocenters. The fraction of sp³-hybridized carbons (Fsp3) is 0.185. The third-order valence-corrected chi connectivity index (χ3v) is 19.1. The molecule has 0 atom stereocenters. The molecule has 0 amide bonds. The first-order valence-corrected chi connectivity index (χ1v) is 29.8. The Morgan fingerprint density at radius 3 is 1.75 bits per heavy atom. The van der Waals surface area contributed by atoms with Crippen molar-refractivity contribution in [3.8, 4) is 55.6 Å². The molecule has 0 aliphatic heterocycles. The van der Waals surface area contributed by atoms with Crippen molar-refractivity contribution < 1.29 is 8.83 Å². The molecule has 0 fully saturated rings. The van der Waals surface area contributed by atoms with E-state index in [9.17, 15) is 0 Å². The van der Waals surface area contributed by atoms with Crippen LogP contribution < -0.4 is 15.5 Å². The molecule has 3 aliphatic carbocycles. The Balaban J connectivity index is 0.000000837. The van der Waals surface area contributed by atoms with Gasteiger partial charge in [-0.15, -0.1) is 0 Å². The fourth-order valence-corrected chi connectivity index (χ4v) is 14.9.